The van der Waals surface area contributed by atoms with Crippen LogP contribution in [0, 0.1) is 20.8 Å². The minimum absolute atomic E-state index is 0.866. The molecule has 1 N–H and O–H groups in total. The molecule has 0 saturated heterocycles. The number of benzene rings is 1. The van der Waals surface area contributed by atoms with E-state index in [0.29, 0.717) is 0 Å². The number of hydrogen-bond donors (Lipinski definition) is 1. The number of nitrogens with zero attached hydrogens (tertiary/aromatic N) is 3. The van der Waals surface area contributed by atoms with E-state index in [1.165, 1.54) is 22.3 Å². The Hall–Kier alpha value is -1.68. The fourth-order valence-electron chi connectivity index (χ4n) is 2.40. The predicted molar refractivity (Wildman–Crippen MR) is 77.1 cm³/mol. The zero-order valence-corrected chi connectivity index (χ0v) is 12.2. The minimum atomic E-state index is 0.866. The molecule has 0 radical (unpaired) electrons. The molecule has 0 unspecified atom stereocenters. The zero-order chi connectivity index (χ0) is 13.8. The average molecular weight is 258 g/mol. The van der Waals surface area contributed by atoms with Gasteiger partial charge in [0.1, 0.15) is 6.33 Å². The number of aromatic nitrogens is 3. The van der Waals surface area contributed by atoms with Crippen LogP contribution in [0.25, 0.3) is 0 Å². The first-order valence-corrected chi connectivity index (χ1v) is 6.68. The molecule has 1 heterocycles. The highest BCUT2D eigenvalue weighted by molar-refractivity contribution is 5.37. The molecule has 0 saturated carbocycles. The molecule has 1 aromatic carbocycles. The van der Waals surface area contributed by atoms with E-state index in [4.69, 9.17) is 0 Å². The summed E-state index contributed by atoms with van der Waals surface area (Å²) in [5, 5.41) is 7.74. The summed E-state index contributed by atoms with van der Waals surface area (Å²) in [4.78, 5) is 4.22. The van der Waals surface area contributed by atoms with Crippen molar-refractivity contribution < 1.29 is 0 Å². The van der Waals surface area contributed by atoms with Crippen LogP contribution in [0.4, 0.5) is 0 Å². The van der Waals surface area contributed by atoms with Crippen molar-refractivity contribution in [2.24, 2.45) is 7.05 Å². The summed E-state index contributed by atoms with van der Waals surface area (Å²) in [7, 11) is 1.89. The van der Waals surface area contributed by atoms with E-state index in [9.17, 15) is 0 Å². The predicted octanol–water partition coefficient (Wildman–Crippen LogP) is 2.07. The zero-order valence-electron chi connectivity index (χ0n) is 12.2. The lowest BCUT2D eigenvalue weighted by Crippen LogP contribution is -2.18. The molecule has 1 aromatic heterocycles. The molecule has 102 valence electrons. The number of nitrogens with one attached hydrogen (secondary N) is 1. The smallest absolute Gasteiger partial charge is 0.151 e. The van der Waals surface area contributed by atoms with E-state index in [1.54, 1.807) is 11.0 Å². The topological polar surface area (TPSA) is 42.7 Å². The first-order valence-electron chi connectivity index (χ1n) is 6.68. The van der Waals surface area contributed by atoms with Crippen LogP contribution in [0.1, 0.15) is 28.1 Å². The van der Waals surface area contributed by atoms with Gasteiger partial charge in [0.15, 0.2) is 5.82 Å². The van der Waals surface area contributed by atoms with Crippen molar-refractivity contribution >= 4 is 0 Å². The Labute approximate surface area is 114 Å². The monoisotopic (exact) mass is 258 g/mol. The van der Waals surface area contributed by atoms with Gasteiger partial charge in [0, 0.05) is 26.6 Å². The summed E-state index contributed by atoms with van der Waals surface area (Å²) in [6.45, 7) is 8.31. The van der Waals surface area contributed by atoms with Gasteiger partial charge in [-0.25, -0.2) is 4.98 Å². The normalized spacial score (nSPS) is 10.9. The first kappa shape index (κ1) is 13.7. The van der Waals surface area contributed by atoms with E-state index in [1.807, 2.05) is 7.05 Å². The Bertz CT molecular complexity index is 534. The van der Waals surface area contributed by atoms with Crippen molar-refractivity contribution in [1.82, 2.24) is 20.1 Å². The second-order valence-electron chi connectivity index (χ2n) is 5.14. The Morgan fingerprint density at radius 1 is 1.16 bits per heavy atom. The summed E-state index contributed by atoms with van der Waals surface area (Å²) in [5.74, 6) is 0.896. The summed E-state index contributed by atoms with van der Waals surface area (Å²) in [5.41, 5.74) is 5.46. The van der Waals surface area contributed by atoms with Crippen molar-refractivity contribution in [1.29, 1.82) is 0 Å². The molecule has 0 bridgehead atoms. The number of aryl methyl sites for hydroxylation is 4. The summed E-state index contributed by atoms with van der Waals surface area (Å²) in [6.07, 6.45) is 2.61. The van der Waals surface area contributed by atoms with E-state index < -0.39 is 0 Å². The molecule has 2 rings (SSSR count). The quantitative estimate of drug-likeness (QED) is 0.835. The minimum Gasteiger partial charge on any atom is -0.312 e. The molecule has 0 aliphatic heterocycles. The lowest BCUT2D eigenvalue weighted by Gasteiger charge is -2.12. The molecule has 0 amide bonds. The fourth-order valence-corrected chi connectivity index (χ4v) is 2.40. The van der Waals surface area contributed by atoms with Gasteiger partial charge in [0.2, 0.25) is 0 Å². The molecule has 0 aliphatic rings. The summed E-state index contributed by atoms with van der Waals surface area (Å²) < 4.78 is 1.74. The van der Waals surface area contributed by atoms with Gasteiger partial charge in [0.25, 0.3) is 0 Å². The van der Waals surface area contributed by atoms with Gasteiger partial charge in [0.05, 0.1) is 0 Å². The van der Waals surface area contributed by atoms with Gasteiger partial charge in [-0.1, -0.05) is 17.7 Å². The molecule has 19 heavy (non-hydrogen) atoms. The number of rotatable bonds is 5. The van der Waals surface area contributed by atoms with Gasteiger partial charge in [-0.05, 0) is 37.5 Å². The fraction of sp³-hybridized carbons (Fsp3) is 0.467. The third-order valence-electron chi connectivity index (χ3n) is 3.31. The second-order valence-corrected chi connectivity index (χ2v) is 5.14. The van der Waals surface area contributed by atoms with Gasteiger partial charge in [-0.15, -0.1) is 0 Å². The van der Waals surface area contributed by atoms with Crippen LogP contribution in [-0.4, -0.2) is 21.3 Å². The van der Waals surface area contributed by atoms with Crippen LogP contribution in [0.15, 0.2) is 18.5 Å². The van der Waals surface area contributed by atoms with Crippen LogP contribution < -0.4 is 5.32 Å². The van der Waals surface area contributed by atoms with Crippen molar-refractivity contribution in [2.45, 2.75) is 33.7 Å². The highest BCUT2D eigenvalue weighted by Gasteiger charge is 2.04. The molecule has 2 aromatic rings. The molecule has 4 nitrogen and oxygen atoms in total. The van der Waals surface area contributed by atoms with Crippen LogP contribution in [0.2, 0.25) is 0 Å². The van der Waals surface area contributed by atoms with E-state index in [-0.39, 0.29) is 0 Å². The Balaban J connectivity index is 1.86. The van der Waals surface area contributed by atoms with Gasteiger partial charge in [-0.3, -0.25) is 4.68 Å². The van der Waals surface area contributed by atoms with Gasteiger partial charge >= 0.3 is 0 Å². The lowest BCUT2D eigenvalue weighted by molar-refractivity contribution is 0.657. The molecule has 0 atom stereocenters. The van der Waals surface area contributed by atoms with Gasteiger partial charge in [-0.2, -0.15) is 5.10 Å². The molecule has 4 heteroatoms. The maximum absolute atomic E-state index is 4.27. The van der Waals surface area contributed by atoms with Crippen LogP contribution in [0.5, 0.6) is 0 Å². The van der Waals surface area contributed by atoms with E-state index in [2.05, 4.69) is 48.3 Å². The van der Waals surface area contributed by atoms with Crippen molar-refractivity contribution in [3.05, 3.63) is 46.5 Å². The summed E-state index contributed by atoms with van der Waals surface area (Å²) in [6, 6.07) is 4.48. The standard InChI is InChI=1S/C15H22N4/c1-11-7-12(2)14(13(3)8-11)9-16-6-5-15-17-10-19(4)18-15/h7-8,10,16H,5-6,9H2,1-4H3. The molecular formula is C15H22N4. The maximum Gasteiger partial charge on any atom is 0.151 e. The first-order chi connectivity index (χ1) is 9.06. The van der Waals surface area contributed by atoms with Crippen LogP contribution in [0.3, 0.4) is 0 Å². The lowest BCUT2D eigenvalue weighted by atomic mass is 10.00. The molecule has 0 fully saturated rings. The van der Waals surface area contributed by atoms with Crippen LogP contribution >= 0.6 is 0 Å². The third kappa shape index (κ3) is 3.64. The summed E-state index contributed by atoms with van der Waals surface area (Å²) >= 11 is 0. The Kier molecular flexibility index (Phi) is 4.32. The van der Waals surface area contributed by atoms with Crippen molar-refractivity contribution in [3.63, 3.8) is 0 Å². The molecule has 0 spiro atoms. The number of hydrogen-bond acceptors (Lipinski definition) is 3. The van der Waals surface area contributed by atoms with E-state index >= 15 is 0 Å². The van der Waals surface area contributed by atoms with Gasteiger partial charge < -0.3 is 5.32 Å². The Morgan fingerprint density at radius 3 is 2.42 bits per heavy atom. The van der Waals surface area contributed by atoms with Crippen LogP contribution in [-0.2, 0) is 20.0 Å². The average Bonchev–Trinajstić information content (AvgIpc) is 2.73. The van der Waals surface area contributed by atoms with Crippen molar-refractivity contribution in [2.75, 3.05) is 6.54 Å². The third-order valence-corrected chi connectivity index (χ3v) is 3.31. The molecule has 0 aliphatic carbocycles. The molecular weight excluding hydrogens is 236 g/mol. The SMILES string of the molecule is Cc1cc(C)c(CNCCc2ncn(C)n2)c(C)c1. The highest BCUT2D eigenvalue weighted by Crippen LogP contribution is 2.15. The largest absolute Gasteiger partial charge is 0.312 e. The highest BCUT2D eigenvalue weighted by atomic mass is 15.3. The Morgan fingerprint density at radius 2 is 1.84 bits per heavy atom. The second kappa shape index (κ2) is 5.97. The maximum atomic E-state index is 4.27. The van der Waals surface area contributed by atoms with Crippen molar-refractivity contribution in [3.8, 4) is 0 Å². The van der Waals surface area contributed by atoms with E-state index in [0.717, 1.165) is 25.3 Å².